The third-order valence-electron chi connectivity index (χ3n) is 11.3. The van der Waals surface area contributed by atoms with Crippen LogP contribution in [0.3, 0.4) is 0 Å². The van der Waals surface area contributed by atoms with Gasteiger partial charge >= 0.3 is 11.9 Å². The Labute approximate surface area is 462 Å². The lowest BCUT2D eigenvalue weighted by molar-refractivity contribution is -0.144. The molecule has 0 spiro atoms. The maximum absolute atomic E-state index is 12.6. The summed E-state index contributed by atoms with van der Waals surface area (Å²) in [5.74, 6) is -7.54. The van der Waals surface area contributed by atoms with Gasteiger partial charge in [-0.2, -0.15) is 0 Å². The molecule has 5 atom stereocenters. The number of carbonyl (C=O) groups excluding carboxylic acids is 8. The highest BCUT2D eigenvalue weighted by Gasteiger charge is 2.25. The molecule has 31 nitrogen and oxygen atoms in total. The molecule has 0 saturated carbocycles. The van der Waals surface area contributed by atoms with Crippen molar-refractivity contribution >= 4 is 74.9 Å². The van der Waals surface area contributed by atoms with Crippen molar-refractivity contribution < 1.29 is 85.5 Å². The molecule has 2 aromatic rings. The summed E-state index contributed by atoms with van der Waals surface area (Å²) in [5, 5.41) is 47.5. The van der Waals surface area contributed by atoms with Crippen molar-refractivity contribution in [2.45, 2.75) is 109 Å². The molecular weight excluding hydrogens is 1080 g/mol. The van der Waals surface area contributed by atoms with Crippen molar-refractivity contribution in [2.75, 3.05) is 84.0 Å². The SMILES string of the molecule is CC(CC(=O)NS(=O)(=O)CCCC(=O)NCCOCCOCC(=O)NC(CCC(=O)NC(CCC(=O)NCCOCCOCC(=O)NC(CCCCNC(=O)c1ccc(N)cc1)C(N)=O)C(=O)O)C(=O)O)CC(C)Cc1nnn[nH]1. The van der Waals surface area contributed by atoms with Gasteiger partial charge in [0.25, 0.3) is 5.91 Å². The first-order chi connectivity index (χ1) is 38.0. The molecule has 1 aromatic carbocycles. The van der Waals surface area contributed by atoms with E-state index in [9.17, 15) is 66.6 Å². The minimum absolute atomic E-state index is 0.00261. The van der Waals surface area contributed by atoms with Gasteiger partial charge in [-0.3, -0.25) is 43.1 Å². The van der Waals surface area contributed by atoms with Crippen LogP contribution in [-0.4, -0.2) is 195 Å². The molecule has 14 N–H and O–H groups in total. The Morgan fingerprint density at radius 3 is 1.70 bits per heavy atom. The standard InChI is InChI=1S/C48H77N13O18S/c1-31(27-38-57-60-61-58-38)26-32(2)28-42(65)59-80(74,75)25-5-7-39(62)51-17-19-76-22-24-79-30-44(67)56-37(48(72)73)13-15-41(64)55-36(47(70)71)12-14-40(63)52-18-20-77-21-23-78-29-43(66)54-35(45(50)68)6-3-4-16-53-46(69)33-8-10-34(49)11-9-33/h8-11,31-32,35-37H,3-7,12-30,49H2,1-2H3,(H2,50,68)(H,51,62)(H,52,63)(H,53,69)(H,54,66)(H,55,64)(H,56,67)(H,59,65)(H,70,71)(H,72,73)(H,57,58,60,61). The lowest BCUT2D eigenvalue weighted by atomic mass is 9.92. The monoisotopic (exact) mass is 1160 g/mol. The third-order valence-corrected chi connectivity index (χ3v) is 12.7. The fourth-order valence-electron chi connectivity index (χ4n) is 7.43. The second-order valence-electron chi connectivity index (χ2n) is 18.6. The lowest BCUT2D eigenvalue weighted by Crippen LogP contribution is -2.45. The van der Waals surface area contributed by atoms with Gasteiger partial charge in [-0.05, 0) is 91.5 Å². The molecule has 32 heteroatoms. The number of nitrogens with one attached hydrogen (secondary N) is 8. The van der Waals surface area contributed by atoms with Crippen LogP contribution in [-0.2, 0) is 78.5 Å². The van der Waals surface area contributed by atoms with Crippen molar-refractivity contribution in [2.24, 2.45) is 17.6 Å². The van der Waals surface area contributed by atoms with Crippen molar-refractivity contribution in [1.82, 2.24) is 57.2 Å². The van der Waals surface area contributed by atoms with E-state index in [1.165, 1.54) is 0 Å². The summed E-state index contributed by atoms with van der Waals surface area (Å²) in [6.45, 7) is 3.36. The highest BCUT2D eigenvalue weighted by atomic mass is 32.2. The number of unbranched alkanes of at least 4 members (excludes halogenated alkanes) is 1. The number of nitrogens with two attached hydrogens (primary N) is 2. The number of amides is 8. The number of primary amides is 1. The number of sulfonamides is 1. The maximum atomic E-state index is 12.6. The first kappa shape index (κ1) is 68.7. The normalized spacial score (nSPS) is 13.1. The van der Waals surface area contributed by atoms with E-state index in [2.05, 4.69) is 52.5 Å². The van der Waals surface area contributed by atoms with Gasteiger partial charge in [0.2, 0.25) is 51.4 Å². The summed E-state index contributed by atoms with van der Waals surface area (Å²) < 4.78 is 47.9. The second kappa shape index (κ2) is 39.0. The number of tetrazole rings is 1. The molecule has 0 saturated heterocycles. The van der Waals surface area contributed by atoms with Crippen molar-refractivity contribution in [1.29, 1.82) is 0 Å². The number of hydrogen-bond acceptors (Lipinski definition) is 20. The molecule has 8 amide bonds. The zero-order valence-corrected chi connectivity index (χ0v) is 45.8. The third kappa shape index (κ3) is 33.1. The number of carboxylic acid groups (broad SMARTS) is 2. The summed E-state index contributed by atoms with van der Waals surface area (Å²) in [6, 6.07) is 2.47. The number of benzene rings is 1. The molecule has 0 aliphatic rings. The van der Waals surface area contributed by atoms with Gasteiger partial charge < -0.3 is 72.5 Å². The van der Waals surface area contributed by atoms with E-state index >= 15 is 0 Å². The van der Waals surface area contributed by atoms with E-state index in [1.807, 2.05) is 18.6 Å². The Bertz CT molecular complexity index is 2380. The van der Waals surface area contributed by atoms with E-state index in [1.54, 1.807) is 24.3 Å². The number of aromatic nitrogens is 4. The number of carboxylic acids is 2. The molecule has 0 bridgehead atoms. The topological polar surface area (TPSA) is 473 Å². The van der Waals surface area contributed by atoms with Crippen molar-refractivity contribution in [3.8, 4) is 0 Å². The van der Waals surface area contributed by atoms with E-state index in [0.717, 1.165) is 0 Å². The van der Waals surface area contributed by atoms with Gasteiger partial charge in [-0.15, -0.1) is 5.10 Å². The molecule has 0 radical (unpaired) electrons. The molecule has 448 valence electrons. The van der Waals surface area contributed by atoms with Gasteiger partial charge in [-0.25, -0.2) is 23.1 Å². The highest BCUT2D eigenvalue weighted by molar-refractivity contribution is 7.90. The van der Waals surface area contributed by atoms with Gasteiger partial charge in [0.15, 0.2) is 0 Å². The summed E-state index contributed by atoms with van der Waals surface area (Å²) in [6.07, 6.45) is 0.836. The number of ether oxygens (including phenoxy) is 4. The highest BCUT2D eigenvalue weighted by Crippen LogP contribution is 2.18. The predicted octanol–water partition coefficient (Wildman–Crippen LogP) is -2.83. The Hall–Kier alpha value is -7.42. The zero-order chi connectivity index (χ0) is 59.3. The smallest absolute Gasteiger partial charge is 0.326 e. The summed E-state index contributed by atoms with van der Waals surface area (Å²) in [7, 11) is -3.95. The van der Waals surface area contributed by atoms with Gasteiger partial charge in [0, 0.05) is 63.0 Å². The summed E-state index contributed by atoms with van der Waals surface area (Å²) in [4.78, 5) is 122. The van der Waals surface area contributed by atoms with Crippen LogP contribution in [0.25, 0.3) is 0 Å². The average molecular weight is 1160 g/mol. The van der Waals surface area contributed by atoms with Gasteiger partial charge in [-0.1, -0.05) is 13.8 Å². The fourth-order valence-corrected chi connectivity index (χ4v) is 8.48. The molecular formula is C48H77N13O18S. The number of rotatable bonds is 45. The molecule has 2 rings (SSSR count). The number of carbonyl (C=O) groups is 10. The molecule has 0 fully saturated rings. The Kier molecular flexibility index (Phi) is 33.5. The van der Waals surface area contributed by atoms with E-state index < -0.39 is 107 Å². The fraction of sp³-hybridized carbons (Fsp3) is 0.646. The number of nitrogen functional groups attached to an aromatic ring is 1. The number of hydrogen-bond donors (Lipinski definition) is 12. The summed E-state index contributed by atoms with van der Waals surface area (Å²) >= 11 is 0. The minimum atomic E-state index is -3.95. The van der Waals surface area contributed by atoms with Crippen molar-refractivity contribution in [3.63, 3.8) is 0 Å². The van der Waals surface area contributed by atoms with Gasteiger partial charge in [0.05, 0.1) is 45.4 Å². The summed E-state index contributed by atoms with van der Waals surface area (Å²) in [5.41, 5.74) is 12.0. The number of nitrogens with zero attached hydrogens (tertiary/aromatic N) is 3. The van der Waals surface area contributed by atoms with E-state index in [0.29, 0.717) is 49.3 Å². The van der Waals surface area contributed by atoms with Crippen LogP contribution in [0.2, 0.25) is 0 Å². The van der Waals surface area contributed by atoms with Gasteiger partial charge in [0.1, 0.15) is 37.2 Å². The molecule has 0 aliphatic carbocycles. The van der Waals surface area contributed by atoms with Crippen molar-refractivity contribution in [3.05, 3.63) is 35.7 Å². The quantitative estimate of drug-likeness (QED) is 0.0235. The second-order valence-corrected chi connectivity index (χ2v) is 20.4. The van der Waals surface area contributed by atoms with Crippen LogP contribution in [0.15, 0.2) is 24.3 Å². The number of H-pyrrole nitrogens is 1. The van der Waals surface area contributed by atoms with Crippen LogP contribution in [0.5, 0.6) is 0 Å². The number of aliphatic carboxylic acids is 2. The predicted molar refractivity (Wildman–Crippen MR) is 282 cm³/mol. The minimum Gasteiger partial charge on any atom is -0.480 e. The molecule has 5 unspecified atom stereocenters. The van der Waals surface area contributed by atoms with Crippen LogP contribution in [0.1, 0.15) is 101 Å². The van der Waals surface area contributed by atoms with Crippen LogP contribution in [0.4, 0.5) is 5.69 Å². The molecule has 1 heterocycles. The van der Waals surface area contributed by atoms with E-state index in [4.69, 9.17) is 30.4 Å². The van der Waals surface area contributed by atoms with E-state index in [-0.39, 0.29) is 116 Å². The Morgan fingerprint density at radius 1 is 0.613 bits per heavy atom. The largest absolute Gasteiger partial charge is 0.480 e. The first-order valence-corrected chi connectivity index (χ1v) is 27.6. The zero-order valence-electron chi connectivity index (χ0n) is 45.0. The number of anilines is 1. The molecule has 0 aliphatic heterocycles. The Balaban J connectivity index is 1.50. The molecule has 80 heavy (non-hydrogen) atoms. The Morgan fingerprint density at radius 2 is 1.15 bits per heavy atom. The van der Waals surface area contributed by atoms with Crippen LogP contribution in [0, 0.1) is 11.8 Å². The van der Waals surface area contributed by atoms with Crippen LogP contribution >= 0.6 is 0 Å². The van der Waals surface area contributed by atoms with Crippen LogP contribution < -0.4 is 48.1 Å². The maximum Gasteiger partial charge on any atom is 0.326 e. The average Bonchev–Trinajstić information content (AvgIpc) is 3.89. The number of aromatic amines is 1. The first-order valence-electron chi connectivity index (χ1n) is 25.9. The lowest BCUT2D eigenvalue weighted by Gasteiger charge is -2.17. The molecule has 1 aromatic heterocycles.